The number of carboxylic acids is 1. The number of hydrogen-bond acceptors (Lipinski definition) is 4. The number of carboxylic acid groups (broad SMARTS) is 1. The summed E-state index contributed by atoms with van der Waals surface area (Å²) in [5.41, 5.74) is 1.02. The summed E-state index contributed by atoms with van der Waals surface area (Å²) in [5, 5.41) is 11.6. The standard InChI is InChI=1S/C15H17NO5/c17-14(13-10-20-8-9-21-13)16-12(15(18)19)7-6-11-4-2-1-3-5-11/h1-5,10,12H,6-9H2,(H,16,17)(H,18,19)/t12-/m0/s1. The van der Waals surface area contributed by atoms with Crippen LogP contribution in [0.1, 0.15) is 12.0 Å². The summed E-state index contributed by atoms with van der Waals surface area (Å²) in [6, 6.07) is 8.54. The van der Waals surface area contributed by atoms with Gasteiger partial charge in [-0.2, -0.15) is 0 Å². The molecule has 0 bridgehead atoms. The second kappa shape index (κ2) is 7.33. The van der Waals surface area contributed by atoms with Gasteiger partial charge in [0, 0.05) is 0 Å². The van der Waals surface area contributed by atoms with Gasteiger partial charge < -0.3 is 19.9 Å². The Labute approximate surface area is 122 Å². The van der Waals surface area contributed by atoms with Gasteiger partial charge in [0.25, 0.3) is 5.91 Å². The van der Waals surface area contributed by atoms with Crippen LogP contribution in [0.4, 0.5) is 0 Å². The summed E-state index contributed by atoms with van der Waals surface area (Å²) >= 11 is 0. The number of benzene rings is 1. The fraction of sp³-hybridized carbons (Fsp3) is 0.333. The summed E-state index contributed by atoms with van der Waals surface area (Å²) in [7, 11) is 0. The molecule has 112 valence electrons. The lowest BCUT2D eigenvalue weighted by molar-refractivity contribution is -0.142. The van der Waals surface area contributed by atoms with Crippen LogP contribution in [0.5, 0.6) is 0 Å². The lowest BCUT2D eigenvalue weighted by Crippen LogP contribution is -2.42. The first-order valence-electron chi connectivity index (χ1n) is 6.69. The molecule has 2 N–H and O–H groups in total. The molecule has 1 aliphatic rings. The average Bonchev–Trinajstić information content (AvgIpc) is 2.52. The normalized spacial score (nSPS) is 15.1. The van der Waals surface area contributed by atoms with Crippen molar-refractivity contribution < 1.29 is 24.2 Å². The van der Waals surface area contributed by atoms with Gasteiger partial charge in [0.15, 0.2) is 0 Å². The van der Waals surface area contributed by atoms with Crippen LogP contribution in [-0.4, -0.2) is 36.2 Å². The number of aryl methyl sites for hydroxylation is 1. The largest absolute Gasteiger partial charge is 0.494 e. The fourth-order valence-corrected chi connectivity index (χ4v) is 1.93. The summed E-state index contributed by atoms with van der Waals surface area (Å²) in [6.07, 6.45) is 2.07. The second-order valence-electron chi connectivity index (χ2n) is 4.59. The van der Waals surface area contributed by atoms with E-state index in [9.17, 15) is 14.7 Å². The highest BCUT2D eigenvalue weighted by molar-refractivity contribution is 5.94. The van der Waals surface area contributed by atoms with Gasteiger partial charge in [-0.3, -0.25) is 4.79 Å². The molecule has 21 heavy (non-hydrogen) atoms. The highest BCUT2D eigenvalue weighted by atomic mass is 16.6. The van der Waals surface area contributed by atoms with E-state index in [1.807, 2.05) is 30.3 Å². The number of carbonyl (C=O) groups excluding carboxylic acids is 1. The third-order valence-electron chi connectivity index (χ3n) is 3.04. The molecule has 0 saturated carbocycles. The molecule has 1 aliphatic heterocycles. The van der Waals surface area contributed by atoms with E-state index in [0.29, 0.717) is 19.4 Å². The van der Waals surface area contributed by atoms with Crippen LogP contribution < -0.4 is 5.32 Å². The molecule has 0 aromatic heterocycles. The summed E-state index contributed by atoms with van der Waals surface area (Å²) in [5.74, 6) is -1.64. The summed E-state index contributed by atoms with van der Waals surface area (Å²) in [6.45, 7) is 0.661. The maximum Gasteiger partial charge on any atom is 0.326 e. The first-order chi connectivity index (χ1) is 10.2. The molecule has 0 fully saturated rings. The zero-order chi connectivity index (χ0) is 15.1. The van der Waals surface area contributed by atoms with Crippen LogP contribution in [0, 0.1) is 0 Å². The number of carbonyl (C=O) groups is 2. The first kappa shape index (κ1) is 14.9. The van der Waals surface area contributed by atoms with E-state index in [4.69, 9.17) is 9.47 Å². The topological polar surface area (TPSA) is 84.9 Å². The van der Waals surface area contributed by atoms with Crippen LogP contribution >= 0.6 is 0 Å². The number of ether oxygens (including phenoxy) is 2. The third kappa shape index (κ3) is 4.52. The minimum Gasteiger partial charge on any atom is -0.494 e. The minimum atomic E-state index is -1.07. The lowest BCUT2D eigenvalue weighted by Gasteiger charge is -2.18. The molecule has 1 heterocycles. The third-order valence-corrected chi connectivity index (χ3v) is 3.04. The van der Waals surface area contributed by atoms with Crippen molar-refractivity contribution in [1.29, 1.82) is 0 Å². The maximum atomic E-state index is 11.9. The van der Waals surface area contributed by atoms with Gasteiger partial charge in [0.2, 0.25) is 5.76 Å². The zero-order valence-corrected chi connectivity index (χ0v) is 11.5. The van der Waals surface area contributed by atoms with Crippen LogP contribution in [0.25, 0.3) is 0 Å². The van der Waals surface area contributed by atoms with Crippen molar-refractivity contribution >= 4 is 11.9 Å². The van der Waals surface area contributed by atoms with E-state index in [1.165, 1.54) is 6.26 Å². The van der Waals surface area contributed by atoms with Crippen molar-refractivity contribution in [1.82, 2.24) is 5.32 Å². The predicted molar refractivity (Wildman–Crippen MR) is 74.3 cm³/mol. The zero-order valence-electron chi connectivity index (χ0n) is 11.5. The Morgan fingerprint density at radius 3 is 2.62 bits per heavy atom. The summed E-state index contributed by atoms with van der Waals surface area (Å²) in [4.78, 5) is 23.1. The van der Waals surface area contributed by atoms with Crippen LogP contribution in [0.15, 0.2) is 42.4 Å². The Bertz CT molecular complexity index is 526. The van der Waals surface area contributed by atoms with Crippen molar-refractivity contribution in [2.45, 2.75) is 18.9 Å². The Morgan fingerprint density at radius 1 is 1.24 bits per heavy atom. The fourth-order valence-electron chi connectivity index (χ4n) is 1.93. The van der Waals surface area contributed by atoms with E-state index in [2.05, 4.69) is 5.32 Å². The molecular weight excluding hydrogens is 274 g/mol. The monoisotopic (exact) mass is 291 g/mol. The molecule has 1 amide bonds. The van der Waals surface area contributed by atoms with Crippen molar-refractivity contribution in [2.24, 2.45) is 0 Å². The lowest BCUT2D eigenvalue weighted by atomic mass is 10.1. The van der Waals surface area contributed by atoms with Gasteiger partial charge in [-0.25, -0.2) is 4.79 Å². The van der Waals surface area contributed by atoms with Crippen LogP contribution in [0.2, 0.25) is 0 Å². The molecule has 6 nitrogen and oxygen atoms in total. The average molecular weight is 291 g/mol. The molecule has 2 rings (SSSR count). The van der Waals surface area contributed by atoms with Crippen molar-refractivity contribution in [3.63, 3.8) is 0 Å². The molecular formula is C15H17NO5. The Morgan fingerprint density at radius 2 is 2.00 bits per heavy atom. The number of amides is 1. The Kier molecular flexibility index (Phi) is 5.20. The molecule has 1 aromatic rings. The van der Waals surface area contributed by atoms with Gasteiger partial charge in [-0.15, -0.1) is 0 Å². The number of rotatable bonds is 6. The number of hydrogen-bond donors (Lipinski definition) is 2. The highest BCUT2D eigenvalue weighted by Crippen LogP contribution is 2.08. The molecule has 0 spiro atoms. The van der Waals surface area contributed by atoms with E-state index in [1.54, 1.807) is 0 Å². The molecule has 0 radical (unpaired) electrons. The van der Waals surface area contributed by atoms with Gasteiger partial charge in [-0.05, 0) is 18.4 Å². The maximum absolute atomic E-state index is 11.9. The van der Waals surface area contributed by atoms with Crippen molar-refractivity contribution in [3.05, 3.63) is 47.9 Å². The number of nitrogens with one attached hydrogen (secondary N) is 1. The van der Waals surface area contributed by atoms with Gasteiger partial charge in [-0.1, -0.05) is 30.3 Å². The highest BCUT2D eigenvalue weighted by Gasteiger charge is 2.23. The molecule has 1 atom stereocenters. The Balaban J connectivity index is 1.91. The SMILES string of the molecule is O=C(N[C@@H](CCc1ccccc1)C(=O)O)C1=COCCO1. The molecule has 0 aliphatic carbocycles. The quantitative estimate of drug-likeness (QED) is 0.819. The first-order valence-corrected chi connectivity index (χ1v) is 6.69. The van der Waals surface area contributed by atoms with Gasteiger partial charge >= 0.3 is 5.97 Å². The van der Waals surface area contributed by atoms with Crippen LogP contribution in [0.3, 0.4) is 0 Å². The van der Waals surface area contributed by atoms with Crippen molar-refractivity contribution in [3.8, 4) is 0 Å². The molecule has 0 unspecified atom stereocenters. The molecule has 6 heteroatoms. The van der Waals surface area contributed by atoms with Crippen molar-refractivity contribution in [2.75, 3.05) is 13.2 Å². The van der Waals surface area contributed by atoms with Crippen LogP contribution in [-0.2, 0) is 25.5 Å². The predicted octanol–water partition coefficient (Wildman–Crippen LogP) is 1.08. The van der Waals surface area contributed by atoms with Gasteiger partial charge in [0.1, 0.15) is 25.5 Å². The summed E-state index contributed by atoms with van der Waals surface area (Å²) < 4.78 is 10.1. The van der Waals surface area contributed by atoms with E-state index in [-0.39, 0.29) is 12.4 Å². The number of aliphatic carboxylic acids is 1. The minimum absolute atomic E-state index is 0.00668. The van der Waals surface area contributed by atoms with Gasteiger partial charge in [0.05, 0.1) is 0 Å². The van der Waals surface area contributed by atoms with E-state index in [0.717, 1.165) is 5.56 Å². The second-order valence-corrected chi connectivity index (χ2v) is 4.59. The molecule has 0 saturated heterocycles. The Hall–Kier alpha value is -2.50. The smallest absolute Gasteiger partial charge is 0.326 e. The van der Waals surface area contributed by atoms with E-state index < -0.39 is 17.9 Å². The molecule has 1 aromatic carbocycles. The van der Waals surface area contributed by atoms with E-state index >= 15 is 0 Å².